The van der Waals surface area contributed by atoms with Crippen LogP contribution in [0, 0.1) is 6.92 Å². The van der Waals surface area contributed by atoms with Crippen molar-refractivity contribution in [1.82, 2.24) is 4.98 Å². The number of aromatic nitrogens is 1. The molecular weight excluding hydrogens is 278 g/mol. The highest BCUT2D eigenvalue weighted by Crippen LogP contribution is 2.22. The topological polar surface area (TPSA) is 94.7 Å². The van der Waals surface area contributed by atoms with E-state index in [1.54, 1.807) is 6.92 Å². The first-order valence-corrected chi connectivity index (χ1v) is 6.36. The number of hydrogen-bond donors (Lipinski definition) is 1. The van der Waals surface area contributed by atoms with Crippen molar-refractivity contribution in [3.8, 4) is 0 Å². The second kappa shape index (κ2) is 7.47. The van der Waals surface area contributed by atoms with Crippen molar-refractivity contribution in [3.63, 3.8) is 0 Å². The van der Waals surface area contributed by atoms with E-state index < -0.39 is 11.9 Å². The Hall–Kier alpha value is -2.31. The average molecular weight is 297 g/mol. The predicted molar refractivity (Wildman–Crippen MR) is 72.9 cm³/mol. The lowest BCUT2D eigenvalue weighted by atomic mass is 10.0. The fourth-order valence-corrected chi connectivity index (χ4v) is 2.07. The van der Waals surface area contributed by atoms with Crippen LogP contribution in [-0.2, 0) is 36.6 Å². The van der Waals surface area contributed by atoms with Gasteiger partial charge in [-0.3, -0.25) is 9.59 Å². The first kappa shape index (κ1) is 16.7. The third-order valence-corrected chi connectivity index (χ3v) is 3.18. The van der Waals surface area contributed by atoms with Crippen molar-refractivity contribution < 1.29 is 28.6 Å². The minimum absolute atomic E-state index is 0.0677. The molecule has 0 aromatic carbocycles. The number of esters is 3. The highest BCUT2D eigenvalue weighted by molar-refractivity contribution is 5.91. The molecule has 0 atom stereocenters. The Labute approximate surface area is 122 Å². The van der Waals surface area contributed by atoms with Gasteiger partial charge in [0.1, 0.15) is 5.69 Å². The molecule has 7 heteroatoms. The normalized spacial score (nSPS) is 10.1. The molecule has 1 N–H and O–H groups in total. The molecule has 0 saturated carbocycles. The number of aromatic amines is 1. The van der Waals surface area contributed by atoms with Gasteiger partial charge in [-0.15, -0.1) is 0 Å². The zero-order chi connectivity index (χ0) is 16.0. The maximum atomic E-state index is 11.8. The van der Waals surface area contributed by atoms with Gasteiger partial charge in [-0.25, -0.2) is 4.79 Å². The molecule has 1 aromatic rings. The van der Waals surface area contributed by atoms with Gasteiger partial charge in [-0.05, 0) is 24.5 Å². The summed E-state index contributed by atoms with van der Waals surface area (Å²) in [6, 6.07) is 0. The summed E-state index contributed by atoms with van der Waals surface area (Å²) in [6.45, 7) is 1.76. The van der Waals surface area contributed by atoms with Crippen molar-refractivity contribution in [2.75, 3.05) is 21.3 Å². The molecule has 0 amide bonds. The van der Waals surface area contributed by atoms with Gasteiger partial charge in [0, 0.05) is 12.1 Å². The summed E-state index contributed by atoms with van der Waals surface area (Å²) in [5.41, 5.74) is 2.14. The first-order chi connectivity index (χ1) is 9.94. The quantitative estimate of drug-likeness (QED) is 0.620. The number of nitrogens with one attached hydrogen (secondary N) is 1. The first-order valence-electron chi connectivity index (χ1n) is 6.36. The number of carbonyl (C=O) groups excluding carboxylic acids is 3. The predicted octanol–water partition coefficient (Wildman–Crippen LogP) is 0.931. The number of hydrogen-bond acceptors (Lipinski definition) is 6. The average Bonchev–Trinajstić information content (AvgIpc) is 2.79. The van der Waals surface area contributed by atoms with Crippen LogP contribution in [0.3, 0.4) is 0 Å². The van der Waals surface area contributed by atoms with E-state index in [4.69, 9.17) is 4.74 Å². The summed E-state index contributed by atoms with van der Waals surface area (Å²) in [5.74, 6) is -1.40. The molecule has 0 aliphatic heterocycles. The number of ether oxygens (including phenoxy) is 3. The molecule has 0 aliphatic rings. The van der Waals surface area contributed by atoms with Crippen LogP contribution >= 0.6 is 0 Å². The van der Waals surface area contributed by atoms with Crippen LogP contribution in [0.25, 0.3) is 0 Å². The van der Waals surface area contributed by atoms with E-state index in [0.717, 1.165) is 5.56 Å². The van der Waals surface area contributed by atoms with Crippen molar-refractivity contribution in [1.29, 1.82) is 0 Å². The second-order valence-corrected chi connectivity index (χ2v) is 4.40. The van der Waals surface area contributed by atoms with E-state index in [1.165, 1.54) is 21.3 Å². The smallest absolute Gasteiger partial charge is 0.354 e. The third-order valence-electron chi connectivity index (χ3n) is 3.18. The highest BCUT2D eigenvalue weighted by Gasteiger charge is 2.23. The molecule has 0 aliphatic carbocycles. The third kappa shape index (κ3) is 4.08. The molecule has 116 valence electrons. The van der Waals surface area contributed by atoms with Crippen LogP contribution in [0.15, 0.2) is 0 Å². The minimum Gasteiger partial charge on any atom is -0.469 e. The highest BCUT2D eigenvalue weighted by atomic mass is 16.5. The van der Waals surface area contributed by atoms with E-state index in [1.807, 2.05) is 0 Å². The lowest BCUT2D eigenvalue weighted by molar-refractivity contribution is -0.140. The molecule has 0 unspecified atom stereocenters. The maximum absolute atomic E-state index is 11.8. The van der Waals surface area contributed by atoms with Crippen molar-refractivity contribution in [3.05, 3.63) is 22.5 Å². The zero-order valence-electron chi connectivity index (χ0n) is 12.6. The van der Waals surface area contributed by atoms with Crippen molar-refractivity contribution in [2.45, 2.75) is 26.2 Å². The van der Waals surface area contributed by atoms with Gasteiger partial charge in [-0.1, -0.05) is 0 Å². The van der Waals surface area contributed by atoms with Crippen LogP contribution in [0.5, 0.6) is 0 Å². The molecule has 21 heavy (non-hydrogen) atoms. The van der Waals surface area contributed by atoms with Crippen molar-refractivity contribution >= 4 is 17.9 Å². The molecule has 1 aromatic heterocycles. The van der Waals surface area contributed by atoms with Crippen LogP contribution < -0.4 is 0 Å². The van der Waals surface area contributed by atoms with Crippen LogP contribution in [0.2, 0.25) is 0 Å². The molecule has 1 heterocycles. The number of rotatable bonds is 6. The van der Waals surface area contributed by atoms with E-state index in [2.05, 4.69) is 14.5 Å². The van der Waals surface area contributed by atoms with E-state index in [-0.39, 0.29) is 24.5 Å². The Morgan fingerprint density at radius 1 is 0.952 bits per heavy atom. The second-order valence-electron chi connectivity index (χ2n) is 4.40. The summed E-state index contributed by atoms with van der Waals surface area (Å²) in [4.78, 5) is 37.5. The summed E-state index contributed by atoms with van der Waals surface area (Å²) in [5, 5.41) is 0. The summed E-state index contributed by atoms with van der Waals surface area (Å²) in [7, 11) is 3.84. The lowest BCUT2D eigenvalue weighted by Gasteiger charge is -2.06. The molecular formula is C14H19NO6. The SMILES string of the molecule is COC(=O)CCc1c(C)[nH]c(C(=O)OC)c1CC(=O)OC. The van der Waals surface area contributed by atoms with Crippen LogP contribution in [-0.4, -0.2) is 44.2 Å². The molecule has 7 nitrogen and oxygen atoms in total. The molecule has 0 spiro atoms. The summed E-state index contributed by atoms with van der Waals surface area (Å²) in [6.07, 6.45) is 0.448. The lowest BCUT2D eigenvalue weighted by Crippen LogP contribution is -2.12. The molecule has 0 radical (unpaired) electrons. The monoisotopic (exact) mass is 297 g/mol. The van der Waals surface area contributed by atoms with Gasteiger partial charge < -0.3 is 19.2 Å². The molecule has 1 rings (SSSR count). The number of carbonyl (C=O) groups is 3. The van der Waals surface area contributed by atoms with Crippen LogP contribution in [0.4, 0.5) is 0 Å². The molecule has 0 fully saturated rings. The van der Waals surface area contributed by atoms with E-state index in [9.17, 15) is 14.4 Å². The number of aryl methyl sites for hydroxylation is 1. The number of methoxy groups -OCH3 is 3. The van der Waals surface area contributed by atoms with Gasteiger partial charge in [0.15, 0.2) is 0 Å². The van der Waals surface area contributed by atoms with Gasteiger partial charge in [0.2, 0.25) is 0 Å². The fraction of sp³-hybridized carbons (Fsp3) is 0.500. The Balaban J connectivity index is 3.14. The Morgan fingerprint density at radius 3 is 2.10 bits per heavy atom. The van der Waals surface area contributed by atoms with E-state index >= 15 is 0 Å². The Kier molecular flexibility index (Phi) is 5.95. The van der Waals surface area contributed by atoms with Crippen molar-refractivity contribution in [2.24, 2.45) is 0 Å². The zero-order valence-corrected chi connectivity index (χ0v) is 12.6. The minimum atomic E-state index is -0.568. The maximum Gasteiger partial charge on any atom is 0.354 e. The Morgan fingerprint density at radius 2 is 1.57 bits per heavy atom. The van der Waals surface area contributed by atoms with Gasteiger partial charge in [-0.2, -0.15) is 0 Å². The molecule has 0 bridgehead atoms. The summed E-state index contributed by atoms with van der Waals surface area (Å²) >= 11 is 0. The van der Waals surface area contributed by atoms with Gasteiger partial charge >= 0.3 is 17.9 Å². The molecule has 0 saturated heterocycles. The fourth-order valence-electron chi connectivity index (χ4n) is 2.07. The Bertz CT molecular complexity index is 546. The van der Waals surface area contributed by atoms with Gasteiger partial charge in [0.25, 0.3) is 0 Å². The van der Waals surface area contributed by atoms with E-state index in [0.29, 0.717) is 17.7 Å². The number of H-pyrrole nitrogens is 1. The largest absolute Gasteiger partial charge is 0.469 e. The summed E-state index contributed by atoms with van der Waals surface area (Å²) < 4.78 is 13.9. The standard InChI is InChI=1S/C14H19NO6/c1-8-9(5-6-11(16)19-2)10(7-12(17)20-3)13(15-8)14(18)21-4/h15H,5-7H2,1-4H3. The van der Waals surface area contributed by atoms with Gasteiger partial charge in [0.05, 0.1) is 27.8 Å². The van der Waals surface area contributed by atoms with Crippen LogP contribution in [0.1, 0.15) is 33.7 Å².